The van der Waals surface area contributed by atoms with Crippen molar-refractivity contribution < 1.29 is 26.7 Å². The molecule has 0 aliphatic carbocycles. The molecule has 41 heavy (non-hydrogen) atoms. The molecular weight excluding hydrogens is 561 g/mol. The van der Waals surface area contributed by atoms with Gasteiger partial charge in [0, 0.05) is 42.9 Å². The predicted octanol–water partition coefficient (Wildman–Crippen LogP) is 6.00. The van der Waals surface area contributed by atoms with Crippen LogP contribution in [0.1, 0.15) is 34.7 Å². The third-order valence-corrected chi connectivity index (χ3v) is 9.29. The Balaban J connectivity index is 1.69. The smallest absolute Gasteiger partial charge is 0.416 e. The monoisotopic (exact) mass is 593 g/mol. The van der Waals surface area contributed by atoms with E-state index in [4.69, 9.17) is 4.74 Å². The highest BCUT2D eigenvalue weighted by Crippen LogP contribution is 2.42. The molecule has 5 nitrogen and oxygen atoms in total. The molecule has 0 amide bonds. The Morgan fingerprint density at radius 3 is 2.51 bits per heavy atom. The second-order valence-electron chi connectivity index (χ2n) is 10.6. The van der Waals surface area contributed by atoms with Crippen LogP contribution >= 0.6 is 11.8 Å². The fourth-order valence-corrected chi connectivity index (χ4v) is 7.23. The highest BCUT2D eigenvalue weighted by Gasteiger charge is 2.37. The number of halogens is 5. The fourth-order valence-electron chi connectivity index (χ4n) is 5.85. The van der Waals surface area contributed by atoms with E-state index in [1.165, 1.54) is 31.0 Å². The Labute approximate surface area is 239 Å². The van der Waals surface area contributed by atoms with Gasteiger partial charge < -0.3 is 9.64 Å². The summed E-state index contributed by atoms with van der Waals surface area (Å²) in [5.74, 6) is -1.24. The summed E-state index contributed by atoms with van der Waals surface area (Å²) in [6.07, 6.45) is -4.18. The molecule has 3 aromatic rings. The average Bonchev–Trinajstić information content (AvgIpc) is 3.22. The van der Waals surface area contributed by atoms with Crippen LogP contribution in [0.5, 0.6) is 5.75 Å². The topological polar surface area (TPSA) is 37.7 Å². The lowest BCUT2D eigenvalue weighted by Gasteiger charge is -2.26. The van der Waals surface area contributed by atoms with Crippen molar-refractivity contribution in [2.45, 2.75) is 37.0 Å². The average molecular weight is 594 g/mol. The SMILES string of the molecule is COc1cccc(-c2c(C)c(Cc3c(F)cccc3C(F)(F)F)c3n(c2=O)C(CN2CCCN(C)CC2)CS3)c1F. The molecule has 2 aromatic carbocycles. The molecule has 1 atom stereocenters. The van der Waals surface area contributed by atoms with Crippen LogP contribution in [0, 0.1) is 18.6 Å². The second-order valence-corrected chi connectivity index (χ2v) is 11.7. The molecule has 1 unspecified atom stereocenters. The van der Waals surface area contributed by atoms with E-state index in [1.54, 1.807) is 17.6 Å². The maximum atomic E-state index is 15.6. The minimum atomic E-state index is -4.77. The second kappa shape index (κ2) is 11.8. The molecule has 0 spiro atoms. The first kappa shape index (κ1) is 29.6. The Hall–Kier alpha value is -2.89. The van der Waals surface area contributed by atoms with Crippen LogP contribution in [0.3, 0.4) is 0 Å². The van der Waals surface area contributed by atoms with E-state index in [1.807, 2.05) is 0 Å². The van der Waals surface area contributed by atoms with Crippen molar-refractivity contribution >= 4 is 11.8 Å². The zero-order chi connectivity index (χ0) is 29.5. The molecule has 5 rings (SSSR count). The van der Waals surface area contributed by atoms with Crippen molar-refractivity contribution in [2.75, 3.05) is 52.6 Å². The van der Waals surface area contributed by atoms with Gasteiger partial charge in [-0.25, -0.2) is 8.78 Å². The summed E-state index contributed by atoms with van der Waals surface area (Å²) in [7, 11) is 3.38. The minimum Gasteiger partial charge on any atom is -0.494 e. The van der Waals surface area contributed by atoms with E-state index in [-0.39, 0.29) is 22.9 Å². The number of aromatic nitrogens is 1. The van der Waals surface area contributed by atoms with Gasteiger partial charge in [-0.2, -0.15) is 13.2 Å². The summed E-state index contributed by atoms with van der Waals surface area (Å²) in [6.45, 7) is 5.70. The number of nitrogens with zero attached hydrogens (tertiary/aromatic N) is 3. The number of alkyl halides is 3. The van der Waals surface area contributed by atoms with Crippen molar-refractivity contribution in [3.05, 3.63) is 80.6 Å². The molecular formula is C30H32F5N3O2S. The number of thioether (sulfide) groups is 1. The quantitative estimate of drug-likeness (QED) is 0.328. The van der Waals surface area contributed by atoms with E-state index in [2.05, 4.69) is 16.8 Å². The normalized spacial score (nSPS) is 18.4. The maximum absolute atomic E-state index is 15.6. The predicted molar refractivity (Wildman–Crippen MR) is 150 cm³/mol. The fraction of sp³-hybridized carbons (Fsp3) is 0.433. The number of hydrogen-bond donors (Lipinski definition) is 0. The summed E-state index contributed by atoms with van der Waals surface area (Å²) in [5, 5.41) is 0.507. The van der Waals surface area contributed by atoms with Crippen molar-refractivity contribution in [1.29, 1.82) is 0 Å². The van der Waals surface area contributed by atoms with Crippen molar-refractivity contribution in [3.63, 3.8) is 0 Å². The Bertz CT molecular complexity index is 1510. The third-order valence-electron chi connectivity index (χ3n) is 8.03. The van der Waals surface area contributed by atoms with E-state index >= 15 is 8.78 Å². The summed E-state index contributed by atoms with van der Waals surface area (Å²) >= 11 is 1.38. The van der Waals surface area contributed by atoms with Gasteiger partial charge in [-0.1, -0.05) is 18.2 Å². The van der Waals surface area contributed by atoms with Crippen LogP contribution in [0.2, 0.25) is 0 Å². The molecule has 0 saturated carbocycles. The van der Waals surface area contributed by atoms with Gasteiger partial charge in [0.15, 0.2) is 11.6 Å². The number of rotatable bonds is 6. The number of likely N-dealkylation sites (N-methyl/N-ethyl adjacent to an activating group) is 1. The van der Waals surface area contributed by atoms with Crippen LogP contribution in [0.25, 0.3) is 11.1 Å². The molecule has 1 saturated heterocycles. The first-order valence-corrected chi connectivity index (χ1v) is 14.5. The summed E-state index contributed by atoms with van der Waals surface area (Å²) in [5.41, 5.74) is -1.21. The van der Waals surface area contributed by atoms with Crippen molar-refractivity contribution in [1.82, 2.24) is 14.4 Å². The molecule has 220 valence electrons. The number of benzene rings is 2. The first-order valence-electron chi connectivity index (χ1n) is 13.5. The van der Waals surface area contributed by atoms with Crippen molar-refractivity contribution in [2.24, 2.45) is 0 Å². The number of hydrogen-bond acceptors (Lipinski definition) is 5. The van der Waals surface area contributed by atoms with Gasteiger partial charge in [0.25, 0.3) is 5.56 Å². The lowest BCUT2D eigenvalue weighted by atomic mass is 9.92. The molecule has 1 fully saturated rings. The summed E-state index contributed by atoms with van der Waals surface area (Å²) < 4.78 is 79.1. The summed E-state index contributed by atoms with van der Waals surface area (Å²) in [4.78, 5) is 18.7. The summed E-state index contributed by atoms with van der Waals surface area (Å²) in [6, 6.07) is 7.08. The minimum absolute atomic E-state index is 0.0000239. The molecule has 0 N–H and O–H groups in total. The molecule has 2 aliphatic rings. The maximum Gasteiger partial charge on any atom is 0.416 e. The van der Waals surface area contributed by atoms with Crippen LogP contribution in [0.4, 0.5) is 22.0 Å². The zero-order valence-corrected chi connectivity index (χ0v) is 24.0. The van der Waals surface area contributed by atoms with E-state index in [0.717, 1.165) is 50.8 Å². The Kier molecular flexibility index (Phi) is 8.50. The van der Waals surface area contributed by atoms with E-state index in [0.29, 0.717) is 28.5 Å². The van der Waals surface area contributed by atoms with Crippen LogP contribution < -0.4 is 10.3 Å². The highest BCUT2D eigenvalue weighted by atomic mass is 32.2. The zero-order valence-electron chi connectivity index (χ0n) is 23.2. The molecule has 11 heteroatoms. The van der Waals surface area contributed by atoms with Gasteiger partial charge in [0.05, 0.1) is 29.3 Å². The van der Waals surface area contributed by atoms with Gasteiger partial charge in [-0.05, 0) is 62.8 Å². The standard InChI is InChI=1S/C30H32F5N3O2S/c1-18-21(15-22-23(30(33,34)35)8-5-9-24(22)31)29-38(19(17-41-29)16-37-12-6-11-36(2)13-14-37)28(39)26(18)20-7-4-10-25(40-3)27(20)32/h4-5,7-10,19H,6,11-17H2,1-3H3. The third kappa shape index (κ3) is 5.76. The first-order chi connectivity index (χ1) is 19.5. The van der Waals surface area contributed by atoms with Gasteiger partial charge in [0.1, 0.15) is 5.82 Å². The van der Waals surface area contributed by atoms with Gasteiger partial charge in [-0.3, -0.25) is 14.3 Å². The van der Waals surface area contributed by atoms with Crippen LogP contribution in [-0.4, -0.2) is 67.0 Å². The highest BCUT2D eigenvalue weighted by molar-refractivity contribution is 7.99. The Morgan fingerprint density at radius 1 is 1.02 bits per heavy atom. The van der Waals surface area contributed by atoms with Gasteiger partial charge in [0.2, 0.25) is 0 Å². The number of pyridine rings is 1. The van der Waals surface area contributed by atoms with E-state index < -0.39 is 40.9 Å². The number of ether oxygens (including phenoxy) is 1. The molecule has 3 heterocycles. The van der Waals surface area contributed by atoms with E-state index in [9.17, 15) is 18.0 Å². The lowest BCUT2D eigenvalue weighted by Crippen LogP contribution is -2.37. The number of methoxy groups -OCH3 is 1. The van der Waals surface area contributed by atoms with Crippen LogP contribution in [-0.2, 0) is 12.6 Å². The molecule has 1 aromatic heterocycles. The molecule has 2 aliphatic heterocycles. The van der Waals surface area contributed by atoms with Gasteiger partial charge in [-0.15, -0.1) is 11.8 Å². The molecule has 0 bridgehead atoms. The lowest BCUT2D eigenvalue weighted by molar-refractivity contribution is -0.138. The largest absolute Gasteiger partial charge is 0.494 e. The van der Waals surface area contributed by atoms with Crippen molar-refractivity contribution in [3.8, 4) is 16.9 Å². The molecule has 0 radical (unpaired) electrons. The van der Waals surface area contributed by atoms with Gasteiger partial charge >= 0.3 is 6.18 Å². The number of fused-ring (bicyclic) bond motifs is 1. The Morgan fingerprint density at radius 2 is 1.78 bits per heavy atom. The van der Waals surface area contributed by atoms with Crippen LogP contribution in [0.15, 0.2) is 46.2 Å².